The number of aromatic amines is 1. The third-order valence-electron chi connectivity index (χ3n) is 5.40. The number of hydrogen-bond donors (Lipinski definition) is 3. The van der Waals surface area contributed by atoms with Crippen LogP contribution in [0.5, 0.6) is 11.5 Å². The summed E-state index contributed by atoms with van der Waals surface area (Å²) in [5.41, 5.74) is 8.84. The van der Waals surface area contributed by atoms with Crippen LogP contribution in [-0.4, -0.2) is 21.2 Å². The van der Waals surface area contributed by atoms with Gasteiger partial charge in [0.15, 0.2) is 5.65 Å². The van der Waals surface area contributed by atoms with Gasteiger partial charge in [-0.25, -0.2) is 4.98 Å². The molecule has 2 aromatic carbocycles. The van der Waals surface area contributed by atoms with E-state index in [1.54, 1.807) is 0 Å². The van der Waals surface area contributed by atoms with Gasteiger partial charge in [-0.2, -0.15) is 5.10 Å². The lowest BCUT2D eigenvalue weighted by Crippen LogP contribution is -2.15. The molecule has 1 aliphatic rings. The van der Waals surface area contributed by atoms with Crippen LogP contribution >= 0.6 is 0 Å². The summed E-state index contributed by atoms with van der Waals surface area (Å²) in [6, 6.07) is 20.3. The molecule has 2 heterocycles. The van der Waals surface area contributed by atoms with Crippen LogP contribution in [0.15, 0.2) is 60.7 Å². The maximum absolute atomic E-state index is 6.16. The van der Waals surface area contributed by atoms with Gasteiger partial charge in [0, 0.05) is 11.6 Å². The number of para-hydroxylation sites is 1. The summed E-state index contributed by atoms with van der Waals surface area (Å²) < 4.78 is 5.91. The van der Waals surface area contributed by atoms with Crippen molar-refractivity contribution in [1.82, 2.24) is 15.2 Å². The zero-order valence-electron chi connectivity index (χ0n) is 16.1. The lowest BCUT2D eigenvalue weighted by atomic mass is 10.0. The third-order valence-corrected chi connectivity index (χ3v) is 5.40. The maximum Gasteiger partial charge on any atom is 0.185 e. The molecule has 29 heavy (non-hydrogen) atoms. The predicted octanol–water partition coefficient (Wildman–Crippen LogP) is 5.35. The van der Waals surface area contributed by atoms with Crippen LogP contribution < -0.4 is 15.8 Å². The van der Waals surface area contributed by atoms with Gasteiger partial charge in [0.1, 0.15) is 23.1 Å². The van der Waals surface area contributed by atoms with Crippen molar-refractivity contribution in [2.24, 2.45) is 0 Å². The van der Waals surface area contributed by atoms with E-state index in [1.165, 1.54) is 25.7 Å². The molecule has 0 radical (unpaired) electrons. The van der Waals surface area contributed by atoms with Crippen LogP contribution in [0.2, 0.25) is 0 Å². The monoisotopic (exact) mass is 385 g/mol. The number of nitrogens with one attached hydrogen (secondary N) is 2. The largest absolute Gasteiger partial charge is 0.457 e. The van der Waals surface area contributed by atoms with Crippen LogP contribution in [0.4, 0.5) is 11.6 Å². The van der Waals surface area contributed by atoms with E-state index in [0.29, 0.717) is 17.5 Å². The van der Waals surface area contributed by atoms with Crippen molar-refractivity contribution in [1.29, 1.82) is 0 Å². The van der Waals surface area contributed by atoms with Crippen molar-refractivity contribution < 1.29 is 4.74 Å². The molecule has 0 spiro atoms. The first kappa shape index (κ1) is 17.6. The Labute approximate surface area is 169 Å². The molecule has 2 aromatic heterocycles. The Morgan fingerprint density at radius 1 is 0.966 bits per heavy atom. The van der Waals surface area contributed by atoms with E-state index >= 15 is 0 Å². The van der Waals surface area contributed by atoms with E-state index in [1.807, 2.05) is 54.6 Å². The highest BCUT2D eigenvalue weighted by Gasteiger charge is 2.18. The van der Waals surface area contributed by atoms with Crippen molar-refractivity contribution in [3.63, 3.8) is 0 Å². The number of H-pyrrole nitrogens is 1. The molecule has 1 aliphatic carbocycles. The Hall–Kier alpha value is -3.54. The second-order valence-electron chi connectivity index (χ2n) is 7.46. The Kier molecular flexibility index (Phi) is 4.52. The minimum Gasteiger partial charge on any atom is -0.457 e. The predicted molar refractivity (Wildman–Crippen MR) is 116 cm³/mol. The van der Waals surface area contributed by atoms with Gasteiger partial charge in [0.25, 0.3) is 0 Å². The molecule has 6 nitrogen and oxygen atoms in total. The highest BCUT2D eigenvalue weighted by Crippen LogP contribution is 2.35. The number of rotatable bonds is 5. The molecular formula is C23H23N5O. The number of benzene rings is 2. The van der Waals surface area contributed by atoms with Crippen molar-refractivity contribution in [2.75, 3.05) is 11.1 Å². The van der Waals surface area contributed by atoms with Gasteiger partial charge >= 0.3 is 0 Å². The summed E-state index contributed by atoms with van der Waals surface area (Å²) in [6.45, 7) is 0. The first-order chi connectivity index (χ1) is 14.3. The summed E-state index contributed by atoms with van der Waals surface area (Å²) in [5.74, 6) is 2.97. The van der Waals surface area contributed by atoms with Gasteiger partial charge in [0.2, 0.25) is 0 Å². The highest BCUT2D eigenvalue weighted by molar-refractivity contribution is 6.01. The summed E-state index contributed by atoms with van der Waals surface area (Å²) in [4.78, 5) is 4.66. The number of nitrogen functional groups attached to an aromatic ring is 1. The van der Waals surface area contributed by atoms with E-state index in [2.05, 4.69) is 26.6 Å². The second-order valence-corrected chi connectivity index (χ2v) is 7.46. The molecule has 1 saturated carbocycles. The fourth-order valence-corrected chi connectivity index (χ4v) is 3.96. The Balaban J connectivity index is 1.48. The van der Waals surface area contributed by atoms with Crippen molar-refractivity contribution in [3.8, 4) is 22.6 Å². The van der Waals surface area contributed by atoms with Gasteiger partial charge in [-0.05, 0) is 48.7 Å². The van der Waals surface area contributed by atoms with E-state index in [-0.39, 0.29) is 0 Å². The van der Waals surface area contributed by atoms with Gasteiger partial charge in [-0.15, -0.1) is 0 Å². The molecule has 0 amide bonds. The molecule has 4 N–H and O–H groups in total. The fraction of sp³-hybridized carbons (Fsp3) is 0.217. The lowest BCUT2D eigenvalue weighted by molar-refractivity contribution is 0.483. The summed E-state index contributed by atoms with van der Waals surface area (Å²) in [7, 11) is 0. The molecule has 5 rings (SSSR count). The van der Waals surface area contributed by atoms with E-state index in [0.717, 1.165) is 33.8 Å². The Bertz CT molecular complexity index is 1120. The number of nitrogens with zero attached hydrogens (tertiary/aromatic N) is 2. The zero-order chi connectivity index (χ0) is 19.6. The van der Waals surface area contributed by atoms with Crippen molar-refractivity contribution in [3.05, 3.63) is 60.7 Å². The van der Waals surface area contributed by atoms with E-state index in [9.17, 15) is 0 Å². The summed E-state index contributed by atoms with van der Waals surface area (Å²) >= 11 is 0. The van der Waals surface area contributed by atoms with E-state index < -0.39 is 0 Å². The number of anilines is 2. The zero-order valence-corrected chi connectivity index (χ0v) is 16.1. The molecule has 0 atom stereocenters. The number of aromatic nitrogens is 3. The standard InChI is InChI=1S/C23H23N5O/c24-22-21-19(14-20(26-23(21)28-27-22)25-16-6-4-5-7-16)15-10-12-18(13-11-15)29-17-8-2-1-3-9-17/h1-3,8-14,16H,4-7H2,(H4,24,25,26,27,28). The average molecular weight is 385 g/mol. The van der Waals surface area contributed by atoms with Gasteiger partial charge < -0.3 is 15.8 Å². The minimum absolute atomic E-state index is 0.478. The molecule has 1 fully saturated rings. The normalized spacial score (nSPS) is 14.3. The van der Waals surface area contributed by atoms with Gasteiger partial charge in [-0.1, -0.05) is 43.2 Å². The molecule has 0 bridgehead atoms. The first-order valence-electron chi connectivity index (χ1n) is 10.0. The Morgan fingerprint density at radius 2 is 1.69 bits per heavy atom. The van der Waals surface area contributed by atoms with Crippen LogP contribution in [0, 0.1) is 0 Å². The minimum atomic E-state index is 0.478. The number of ether oxygens (including phenoxy) is 1. The van der Waals surface area contributed by atoms with Crippen LogP contribution in [0.3, 0.4) is 0 Å². The van der Waals surface area contributed by atoms with Gasteiger partial charge in [0.05, 0.1) is 5.39 Å². The fourth-order valence-electron chi connectivity index (χ4n) is 3.96. The van der Waals surface area contributed by atoms with Crippen LogP contribution in [0.25, 0.3) is 22.2 Å². The number of nitrogens with two attached hydrogens (primary N) is 1. The molecule has 146 valence electrons. The highest BCUT2D eigenvalue weighted by atomic mass is 16.5. The number of hydrogen-bond acceptors (Lipinski definition) is 5. The van der Waals surface area contributed by atoms with Crippen LogP contribution in [-0.2, 0) is 0 Å². The summed E-state index contributed by atoms with van der Waals surface area (Å²) in [5, 5.41) is 11.6. The maximum atomic E-state index is 6.16. The smallest absolute Gasteiger partial charge is 0.185 e. The first-order valence-corrected chi connectivity index (χ1v) is 10.0. The number of fused-ring (bicyclic) bond motifs is 1. The molecule has 4 aromatic rings. The Morgan fingerprint density at radius 3 is 2.45 bits per heavy atom. The quantitative estimate of drug-likeness (QED) is 0.431. The van der Waals surface area contributed by atoms with Gasteiger partial charge in [-0.3, -0.25) is 5.10 Å². The lowest BCUT2D eigenvalue weighted by Gasteiger charge is -2.14. The SMILES string of the molecule is Nc1[nH]nc2nc(NC3CCCC3)cc(-c3ccc(Oc4ccccc4)cc3)c12. The van der Waals surface area contributed by atoms with Crippen molar-refractivity contribution in [2.45, 2.75) is 31.7 Å². The molecule has 0 aliphatic heterocycles. The molecule has 0 saturated heterocycles. The number of pyridine rings is 1. The van der Waals surface area contributed by atoms with E-state index in [4.69, 9.17) is 10.5 Å². The molecular weight excluding hydrogens is 362 g/mol. The summed E-state index contributed by atoms with van der Waals surface area (Å²) in [6.07, 6.45) is 4.91. The molecule has 6 heteroatoms. The molecule has 0 unspecified atom stereocenters. The third kappa shape index (κ3) is 3.61. The van der Waals surface area contributed by atoms with Crippen molar-refractivity contribution >= 4 is 22.7 Å². The van der Waals surface area contributed by atoms with Crippen LogP contribution in [0.1, 0.15) is 25.7 Å². The average Bonchev–Trinajstić information content (AvgIpc) is 3.39. The second kappa shape index (κ2) is 7.47. The topological polar surface area (TPSA) is 88.9 Å².